The van der Waals surface area contributed by atoms with Gasteiger partial charge in [-0.25, -0.2) is 13.1 Å². The third-order valence-electron chi connectivity index (χ3n) is 3.84. The Morgan fingerprint density at radius 2 is 1.91 bits per heavy atom. The average Bonchev–Trinajstić information content (AvgIpc) is 2.46. The molecule has 0 heterocycles. The summed E-state index contributed by atoms with van der Waals surface area (Å²) in [5.41, 5.74) is 2.48. The van der Waals surface area contributed by atoms with Crippen molar-refractivity contribution in [3.05, 3.63) is 63.1 Å². The van der Waals surface area contributed by atoms with E-state index >= 15 is 0 Å². The van der Waals surface area contributed by atoms with Crippen LogP contribution in [0.15, 0.2) is 51.8 Å². The van der Waals surface area contributed by atoms with Crippen molar-refractivity contribution >= 4 is 37.6 Å². The Morgan fingerprint density at radius 3 is 2.68 bits per heavy atom. The second-order valence-corrected chi connectivity index (χ2v) is 8.41. The van der Waals surface area contributed by atoms with E-state index in [1.165, 1.54) is 17.2 Å². The molecule has 2 aromatic rings. The molecule has 1 unspecified atom stereocenters. The molecule has 2 aromatic carbocycles. The molecule has 0 saturated heterocycles. The fourth-order valence-corrected chi connectivity index (χ4v) is 4.97. The molecule has 0 saturated carbocycles. The number of fused-ring (bicyclic) bond motifs is 1. The standard InChI is InChI=1S/C16H15BrClNO2S/c17-13-7-5-11-6-8-14(10-12(11)9-13)19-22(20,21)16-4-2-1-3-15(16)18/h1-5,7,9,14,19H,6,8,10H2. The van der Waals surface area contributed by atoms with Gasteiger partial charge in [0.2, 0.25) is 10.0 Å². The topological polar surface area (TPSA) is 46.2 Å². The van der Waals surface area contributed by atoms with Crippen molar-refractivity contribution < 1.29 is 8.42 Å². The first-order chi connectivity index (χ1) is 10.5. The quantitative estimate of drug-likeness (QED) is 0.848. The van der Waals surface area contributed by atoms with Crippen molar-refractivity contribution in [2.24, 2.45) is 0 Å². The van der Waals surface area contributed by atoms with E-state index in [1.54, 1.807) is 18.2 Å². The molecular weight excluding hydrogens is 386 g/mol. The molecule has 3 rings (SSSR count). The van der Waals surface area contributed by atoms with Crippen molar-refractivity contribution in [1.29, 1.82) is 0 Å². The van der Waals surface area contributed by atoms with Gasteiger partial charge in [0, 0.05) is 10.5 Å². The lowest BCUT2D eigenvalue weighted by Gasteiger charge is -2.25. The zero-order chi connectivity index (χ0) is 15.7. The largest absolute Gasteiger partial charge is 0.242 e. The predicted octanol–water partition coefficient (Wildman–Crippen LogP) is 3.94. The fraction of sp³-hybridized carbons (Fsp3) is 0.250. The SMILES string of the molecule is O=S(=O)(NC1CCc2ccc(Br)cc2C1)c1ccccc1Cl. The summed E-state index contributed by atoms with van der Waals surface area (Å²) in [4.78, 5) is 0.136. The summed E-state index contributed by atoms with van der Waals surface area (Å²) < 4.78 is 28.8. The van der Waals surface area contributed by atoms with Crippen LogP contribution >= 0.6 is 27.5 Å². The third-order valence-corrected chi connectivity index (χ3v) is 6.36. The minimum Gasteiger partial charge on any atom is -0.208 e. The van der Waals surface area contributed by atoms with E-state index < -0.39 is 10.0 Å². The first-order valence-corrected chi connectivity index (χ1v) is 9.65. The van der Waals surface area contributed by atoms with E-state index in [2.05, 4.69) is 32.8 Å². The van der Waals surface area contributed by atoms with Crippen LogP contribution in [0.5, 0.6) is 0 Å². The average molecular weight is 401 g/mol. The Bertz CT molecular complexity index is 808. The smallest absolute Gasteiger partial charge is 0.208 e. The number of hydrogen-bond donors (Lipinski definition) is 1. The van der Waals surface area contributed by atoms with Gasteiger partial charge in [-0.3, -0.25) is 0 Å². The van der Waals surface area contributed by atoms with Crippen LogP contribution in [-0.2, 0) is 22.9 Å². The molecule has 3 nitrogen and oxygen atoms in total. The first kappa shape index (κ1) is 16.0. The van der Waals surface area contributed by atoms with Gasteiger partial charge in [0.05, 0.1) is 5.02 Å². The zero-order valence-electron chi connectivity index (χ0n) is 11.7. The molecule has 1 aliphatic carbocycles. The van der Waals surface area contributed by atoms with E-state index in [0.717, 1.165) is 17.3 Å². The van der Waals surface area contributed by atoms with Gasteiger partial charge in [0.25, 0.3) is 0 Å². The lowest BCUT2D eigenvalue weighted by atomic mass is 9.89. The van der Waals surface area contributed by atoms with Crippen LogP contribution in [-0.4, -0.2) is 14.5 Å². The number of sulfonamides is 1. The Labute approximate surface area is 143 Å². The zero-order valence-corrected chi connectivity index (χ0v) is 14.9. The van der Waals surface area contributed by atoms with Crippen LogP contribution in [0.25, 0.3) is 0 Å². The third kappa shape index (κ3) is 3.38. The second-order valence-electron chi connectivity index (χ2n) is 5.40. The summed E-state index contributed by atoms with van der Waals surface area (Å²) in [6.45, 7) is 0. The second kappa shape index (κ2) is 6.32. The van der Waals surface area contributed by atoms with Crippen molar-refractivity contribution in [3.8, 4) is 0 Å². The molecule has 22 heavy (non-hydrogen) atoms. The molecule has 0 radical (unpaired) electrons. The molecule has 0 spiro atoms. The molecule has 0 aromatic heterocycles. The maximum absolute atomic E-state index is 12.5. The van der Waals surface area contributed by atoms with Crippen LogP contribution < -0.4 is 4.72 Å². The highest BCUT2D eigenvalue weighted by atomic mass is 79.9. The number of nitrogens with one attached hydrogen (secondary N) is 1. The van der Waals surface area contributed by atoms with Crippen LogP contribution in [0.1, 0.15) is 17.5 Å². The first-order valence-electron chi connectivity index (χ1n) is 7.00. The van der Waals surface area contributed by atoms with Gasteiger partial charge < -0.3 is 0 Å². The van der Waals surface area contributed by atoms with E-state index in [-0.39, 0.29) is 16.0 Å². The fourth-order valence-electron chi connectivity index (χ4n) is 2.77. The Hall–Kier alpha value is -0.880. The minimum atomic E-state index is -3.60. The van der Waals surface area contributed by atoms with Gasteiger partial charge in [-0.05, 0) is 54.7 Å². The molecule has 6 heteroatoms. The monoisotopic (exact) mass is 399 g/mol. The van der Waals surface area contributed by atoms with Gasteiger partial charge in [-0.1, -0.05) is 45.7 Å². The number of aryl methyl sites for hydroxylation is 1. The summed E-state index contributed by atoms with van der Waals surface area (Å²) in [5.74, 6) is 0. The van der Waals surface area contributed by atoms with Crippen LogP contribution in [0.3, 0.4) is 0 Å². The predicted molar refractivity (Wildman–Crippen MR) is 91.7 cm³/mol. The Kier molecular flexibility index (Phi) is 4.59. The maximum Gasteiger partial charge on any atom is 0.242 e. The van der Waals surface area contributed by atoms with Crippen LogP contribution in [0.4, 0.5) is 0 Å². The molecule has 0 bridgehead atoms. The summed E-state index contributed by atoms with van der Waals surface area (Å²) in [5, 5.41) is 0.244. The highest BCUT2D eigenvalue weighted by molar-refractivity contribution is 9.10. The summed E-state index contributed by atoms with van der Waals surface area (Å²) >= 11 is 9.46. The Balaban J connectivity index is 1.81. The van der Waals surface area contributed by atoms with Crippen molar-refractivity contribution in [1.82, 2.24) is 4.72 Å². The van der Waals surface area contributed by atoms with Crippen molar-refractivity contribution in [2.75, 3.05) is 0 Å². The van der Waals surface area contributed by atoms with Crippen molar-refractivity contribution in [2.45, 2.75) is 30.2 Å². The number of rotatable bonds is 3. The Morgan fingerprint density at radius 1 is 1.14 bits per heavy atom. The molecule has 0 fully saturated rings. The van der Waals surface area contributed by atoms with E-state index in [1.807, 2.05) is 6.07 Å². The molecule has 1 N–H and O–H groups in total. The number of halogens is 2. The van der Waals surface area contributed by atoms with Gasteiger partial charge in [0.1, 0.15) is 4.90 Å². The van der Waals surface area contributed by atoms with Gasteiger partial charge in [0.15, 0.2) is 0 Å². The van der Waals surface area contributed by atoms with Crippen LogP contribution in [0, 0.1) is 0 Å². The highest BCUT2D eigenvalue weighted by Crippen LogP contribution is 2.27. The lowest BCUT2D eigenvalue weighted by Crippen LogP contribution is -2.38. The van der Waals surface area contributed by atoms with Crippen LogP contribution in [0.2, 0.25) is 5.02 Å². The van der Waals surface area contributed by atoms with Crippen molar-refractivity contribution in [3.63, 3.8) is 0 Å². The summed E-state index contributed by atoms with van der Waals surface area (Å²) in [6, 6.07) is 12.6. The van der Waals surface area contributed by atoms with E-state index in [4.69, 9.17) is 11.6 Å². The number of hydrogen-bond acceptors (Lipinski definition) is 2. The minimum absolute atomic E-state index is 0.108. The molecule has 0 aliphatic heterocycles. The summed E-state index contributed by atoms with van der Waals surface area (Å²) in [6.07, 6.45) is 2.36. The van der Waals surface area contributed by atoms with E-state index in [9.17, 15) is 8.42 Å². The normalized spacial score (nSPS) is 18.0. The lowest BCUT2D eigenvalue weighted by molar-refractivity contribution is 0.507. The van der Waals surface area contributed by atoms with Gasteiger partial charge >= 0.3 is 0 Å². The molecule has 116 valence electrons. The molecule has 1 aliphatic rings. The van der Waals surface area contributed by atoms with E-state index in [0.29, 0.717) is 6.42 Å². The molecular formula is C16H15BrClNO2S. The number of benzene rings is 2. The molecule has 0 amide bonds. The van der Waals surface area contributed by atoms with Gasteiger partial charge in [-0.2, -0.15) is 0 Å². The maximum atomic E-state index is 12.5. The molecule has 1 atom stereocenters. The highest BCUT2D eigenvalue weighted by Gasteiger charge is 2.25. The summed E-state index contributed by atoms with van der Waals surface area (Å²) in [7, 11) is -3.60. The van der Waals surface area contributed by atoms with Gasteiger partial charge in [-0.15, -0.1) is 0 Å².